The normalized spacial score (nSPS) is 18.2. The molecule has 6 heteroatoms. The summed E-state index contributed by atoms with van der Waals surface area (Å²) in [6.45, 7) is 0.712. The number of hydrogen-bond acceptors (Lipinski definition) is 3. The number of carboxylic acid groups (broad SMARTS) is 1. The maximum absolute atomic E-state index is 12.4. The zero-order chi connectivity index (χ0) is 16.7. The number of nitriles is 1. The number of hydrogen-bond donors (Lipinski definition) is 2. The fourth-order valence-corrected chi connectivity index (χ4v) is 2.78. The van der Waals surface area contributed by atoms with Gasteiger partial charge in [0, 0.05) is 19.5 Å². The Bertz CT molecular complexity index is 582. The van der Waals surface area contributed by atoms with Crippen LogP contribution in [-0.4, -0.2) is 35.1 Å². The highest BCUT2D eigenvalue weighted by Gasteiger charge is 2.31. The third kappa shape index (κ3) is 4.71. The topological polar surface area (TPSA) is 93.4 Å². The Morgan fingerprint density at radius 1 is 1.39 bits per heavy atom. The van der Waals surface area contributed by atoms with Gasteiger partial charge < -0.3 is 15.3 Å². The third-order valence-corrected chi connectivity index (χ3v) is 4.11. The maximum Gasteiger partial charge on any atom is 0.317 e. The summed E-state index contributed by atoms with van der Waals surface area (Å²) in [4.78, 5) is 24.9. The van der Waals surface area contributed by atoms with Gasteiger partial charge in [-0.3, -0.25) is 4.79 Å². The van der Waals surface area contributed by atoms with E-state index in [0.29, 0.717) is 32.2 Å². The molecule has 1 aromatic rings. The monoisotopic (exact) mass is 315 g/mol. The molecular formula is C17H21N3O3. The van der Waals surface area contributed by atoms with E-state index >= 15 is 0 Å². The van der Waals surface area contributed by atoms with Crippen molar-refractivity contribution in [3.63, 3.8) is 0 Å². The van der Waals surface area contributed by atoms with Crippen LogP contribution in [0, 0.1) is 17.2 Å². The van der Waals surface area contributed by atoms with Gasteiger partial charge in [0.25, 0.3) is 0 Å². The summed E-state index contributed by atoms with van der Waals surface area (Å²) in [7, 11) is 0. The number of likely N-dealkylation sites (tertiary alicyclic amines) is 1. The second kappa shape index (κ2) is 8.18. The maximum atomic E-state index is 12.4. The van der Waals surface area contributed by atoms with E-state index in [1.54, 1.807) is 4.90 Å². The SMILES string of the molecule is N#CCCCC(NC(=O)N1CCC(C(=O)O)C1)c1ccccc1. The number of carbonyl (C=O) groups is 2. The van der Waals surface area contributed by atoms with E-state index in [1.807, 2.05) is 30.3 Å². The van der Waals surface area contributed by atoms with Gasteiger partial charge in [-0.2, -0.15) is 5.26 Å². The first-order chi connectivity index (χ1) is 11.1. The van der Waals surface area contributed by atoms with Crippen molar-refractivity contribution in [2.24, 2.45) is 5.92 Å². The van der Waals surface area contributed by atoms with Gasteiger partial charge in [-0.05, 0) is 24.8 Å². The second-order valence-electron chi connectivity index (χ2n) is 5.73. The lowest BCUT2D eigenvalue weighted by atomic mass is 10.0. The van der Waals surface area contributed by atoms with Crippen molar-refractivity contribution in [2.75, 3.05) is 13.1 Å². The molecule has 1 aliphatic rings. The van der Waals surface area contributed by atoms with Gasteiger partial charge in [0.15, 0.2) is 0 Å². The molecule has 23 heavy (non-hydrogen) atoms. The summed E-state index contributed by atoms with van der Waals surface area (Å²) in [6, 6.07) is 11.3. The average molecular weight is 315 g/mol. The van der Waals surface area contributed by atoms with Gasteiger partial charge in [-0.25, -0.2) is 4.79 Å². The first-order valence-corrected chi connectivity index (χ1v) is 7.82. The molecule has 2 atom stereocenters. The number of nitrogens with one attached hydrogen (secondary N) is 1. The van der Waals surface area contributed by atoms with Crippen LogP contribution in [0.4, 0.5) is 4.79 Å². The molecule has 2 unspecified atom stereocenters. The van der Waals surface area contributed by atoms with Crippen LogP contribution < -0.4 is 5.32 Å². The molecular weight excluding hydrogens is 294 g/mol. The van der Waals surface area contributed by atoms with Crippen LogP contribution in [0.25, 0.3) is 0 Å². The highest BCUT2D eigenvalue weighted by molar-refractivity contribution is 5.77. The number of amides is 2. The average Bonchev–Trinajstić information content (AvgIpc) is 3.05. The number of rotatable bonds is 6. The van der Waals surface area contributed by atoms with Gasteiger partial charge in [-0.1, -0.05) is 30.3 Å². The lowest BCUT2D eigenvalue weighted by Crippen LogP contribution is -2.40. The fraction of sp³-hybridized carbons (Fsp3) is 0.471. The minimum atomic E-state index is -0.853. The van der Waals surface area contributed by atoms with E-state index in [9.17, 15) is 9.59 Å². The number of unbranched alkanes of at least 4 members (excludes halogenated alkanes) is 1. The minimum absolute atomic E-state index is 0.166. The summed E-state index contributed by atoms with van der Waals surface area (Å²) in [5, 5.41) is 20.7. The van der Waals surface area contributed by atoms with Crippen LogP contribution in [0.1, 0.15) is 37.3 Å². The Labute approximate surface area is 135 Å². The highest BCUT2D eigenvalue weighted by Crippen LogP contribution is 2.21. The molecule has 0 aromatic heterocycles. The van der Waals surface area contributed by atoms with Crippen LogP contribution in [0.2, 0.25) is 0 Å². The van der Waals surface area contributed by atoms with E-state index in [0.717, 1.165) is 5.56 Å². The summed E-state index contributed by atoms with van der Waals surface area (Å²) in [5.74, 6) is -1.33. The number of nitrogens with zero attached hydrogens (tertiary/aromatic N) is 2. The number of carboxylic acids is 1. The zero-order valence-electron chi connectivity index (χ0n) is 12.9. The van der Waals surface area contributed by atoms with Crippen LogP contribution in [0.15, 0.2) is 30.3 Å². The van der Waals surface area contributed by atoms with Gasteiger partial charge in [0.1, 0.15) is 0 Å². The van der Waals surface area contributed by atoms with Crippen molar-refractivity contribution >= 4 is 12.0 Å². The number of aliphatic carboxylic acids is 1. The summed E-state index contributed by atoms with van der Waals surface area (Å²) < 4.78 is 0. The van der Waals surface area contributed by atoms with E-state index in [-0.39, 0.29) is 18.6 Å². The number of urea groups is 1. The molecule has 2 N–H and O–H groups in total. The van der Waals surface area contributed by atoms with Crippen molar-refractivity contribution in [3.05, 3.63) is 35.9 Å². The summed E-state index contributed by atoms with van der Waals surface area (Å²) in [5.41, 5.74) is 0.993. The molecule has 6 nitrogen and oxygen atoms in total. The zero-order valence-corrected chi connectivity index (χ0v) is 12.9. The number of benzene rings is 1. The molecule has 1 aromatic carbocycles. The highest BCUT2D eigenvalue weighted by atomic mass is 16.4. The lowest BCUT2D eigenvalue weighted by Gasteiger charge is -2.23. The Kier molecular flexibility index (Phi) is 5.98. The van der Waals surface area contributed by atoms with Crippen molar-refractivity contribution < 1.29 is 14.7 Å². The van der Waals surface area contributed by atoms with Crippen LogP contribution >= 0.6 is 0 Å². The minimum Gasteiger partial charge on any atom is -0.481 e. The molecule has 1 aliphatic heterocycles. The van der Waals surface area contributed by atoms with E-state index in [4.69, 9.17) is 10.4 Å². The molecule has 122 valence electrons. The molecule has 1 fully saturated rings. The Morgan fingerprint density at radius 2 is 2.13 bits per heavy atom. The van der Waals surface area contributed by atoms with Gasteiger partial charge >= 0.3 is 12.0 Å². The Morgan fingerprint density at radius 3 is 2.74 bits per heavy atom. The third-order valence-electron chi connectivity index (χ3n) is 4.11. The Balaban J connectivity index is 1.98. The molecule has 2 amide bonds. The molecule has 2 rings (SSSR count). The summed E-state index contributed by atoms with van der Waals surface area (Å²) in [6.07, 6.45) is 2.32. The van der Waals surface area contributed by atoms with E-state index < -0.39 is 11.9 Å². The number of carbonyl (C=O) groups excluding carboxylic acids is 1. The Hall–Kier alpha value is -2.55. The van der Waals surface area contributed by atoms with Crippen molar-refractivity contribution in [2.45, 2.75) is 31.7 Å². The van der Waals surface area contributed by atoms with E-state index in [1.165, 1.54) is 0 Å². The van der Waals surface area contributed by atoms with Crippen molar-refractivity contribution in [1.82, 2.24) is 10.2 Å². The van der Waals surface area contributed by atoms with Crippen LogP contribution in [0.3, 0.4) is 0 Å². The van der Waals surface area contributed by atoms with Crippen molar-refractivity contribution in [1.29, 1.82) is 5.26 Å². The second-order valence-corrected chi connectivity index (χ2v) is 5.73. The molecule has 0 spiro atoms. The predicted octanol–water partition coefficient (Wildman–Crippen LogP) is 2.54. The smallest absolute Gasteiger partial charge is 0.317 e. The fourth-order valence-electron chi connectivity index (χ4n) is 2.78. The molecule has 1 heterocycles. The molecule has 0 aliphatic carbocycles. The standard InChI is InChI=1S/C17H21N3O3/c18-10-5-4-8-15(13-6-2-1-3-7-13)19-17(23)20-11-9-14(12-20)16(21)22/h1-3,6-7,14-15H,4-5,8-9,11-12H2,(H,19,23)(H,21,22). The first-order valence-electron chi connectivity index (χ1n) is 7.82. The van der Waals surface area contributed by atoms with Crippen LogP contribution in [-0.2, 0) is 4.79 Å². The largest absolute Gasteiger partial charge is 0.481 e. The van der Waals surface area contributed by atoms with E-state index in [2.05, 4.69) is 11.4 Å². The lowest BCUT2D eigenvalue weighted by molar-refractivity contribution is -0.141. The quantitative estimate of drug-likeness (QED) is 0.789. The first kappa shape index (κ1) is 16.8. The molecule has 0 bridgehead atoms. The van der Waals surface area contributed by atoms with Gasteiger partial charge in [-0.15, -0.1) is 0 Å². The van der Waals surface area contributed by atoms with Gasteiger partial charge in [0.2, 0.25) is 0 Å². The molecule has 0 radical (unpaired) electrons. The predicted molar refractivity (Wildman–Crippen MR) is 84.5 cm³/mol. The van der Waals surface area contributed by atoms with Gasteiger partial charge in [0.05, 0.1) is 18.0 Å². The van der Waals surface area contributed by atoms with Crippen LogP contribution in [0.5, 0.6) is 0 Å². The molecule has 1 saturated heterocycles. The van der Waals surface area contributed by atoms with Crippen molar-refractivity contribution in [3.8, 4) is 6.07 Å². The summed E-state index contributed by atoms with van der Waals surface area (Å²) >= 11 is 0. The molecule has 0 saturated carbocycles.